The van der Waals surface area contributed by atoms with Crippen molar-refractivity contribution in [2.45, 2.75) is 52.4 Å². The summed E-state index contributed by atoms with van der Waals surface area (Å²) in [6, 6.07) is -0.180. The van der Waals surface area contributed by atoms with Crippen LogP contribution in [0.5, 0.6) is 0 Å². The molecular weight excluding hydrogens is 256 g/mol. The van der Waals surface area contributed by atoms with E-state index in [1.54, 1.807) is 6.92 Å². The second-order valence-corrected chi connectivity index (χ2v) is 5.96. The minimum atomic E-state index is -0.820. The number of amides is 2. The summed E-state index contributed by atoms with van der Waals surface area (Å²) in [6.07, 6.45) is 6.69. The molecular formula is C15H28N2O3. The topological polar surface area (TPSA) is 78.4 Å². The van der Waals surface area contributed by atoms with Crippen molar-refractivity contribution in [2.75, 3.05) is 13.1 Å². The number of carbonyl (C=O) groups is 2. The van der Waals surface area contributed by atoms with Crippen molar-refractivity contribution < 1.29 is 14.7 Å². The molecule has 1 saturated carbocycles. The van der Waals surface area contributed by atoms with E-state index < -0.39 is 11.9 Å². The van der Waals surface area contributed by atoms with Crippen LogP contribution in [0.1, 0.15) is 52.4 Å². The van der Waals surface area contributed by atoms with Crippen molar-refractivity contribution in [1.82, 2.24) is 10.6 Å². The molecule has 1 unspecified atom stereocenters. The molecule has 1 aliphatic rings. The average molecular weight is 284 g/mol. The zero-order valence-electron chi connectivity index (χ0n) is 12.7. The molecule has 0 radical (unpaired) electrons. The maximum absolute atomic E-state index is 11.6. The van der Waals surface area contributed by atoms with Crippen LogP contribution in [0.4, 0.5) is 4.79 Å². The smallest absolute Gasteiger partial charge is 0.314 e. The third-order valence-electron chi connectivity index (χ3n) is 4.38. The number of carboxylic acid groups (broad SMARTS) is 1. The maximum Gasteiger partial charge on any atom is 0.314 e. The largest absolute Gasteiger partial charge is 0.481 e. The van der Waals surface area contributed by atoms with Gasteiger partial charge in [-0.1, -0.05) is 33.1 Å². The van der Waals surface area contributed by atoms with Crippen molar-refractivity contribution in [2.24, 2.45) is 17.8 Å². The highest BCUT2D eigenvalue weighted by Crippen LogP contribution is 2.29. The molecule has 0 heterocycles. The normalized spacial score (nSPS) is 23.9. The molecule has 1 aliphatic carbocycles. The molecule has 1 atom stereocenters. The molecule has 0 aromatic heterocycles. The molecule has 3 N–H and O–H groups in total. The lowest BCUT2D eigenvalue weighted by atomic mass is 9.81. The third-order valence-corrected chi connectivity index (χ3v) is 4.38. The Kier molecular flexibility index (Phi) is 7.41. The fourth-order valence-corrected chi connectivity index (χ4v) is 2.67. The van der Waals surface area contributed by atoms with Crippen molar-refractivity contribution in [3.8, 4) is 0 Å². The van der Waals surface area contributed by atoms with Crippen LogP contribution in [0.2, 0.25) is 0 Å². The van der Waals surface area contributed by atoms with Crippen LogP contribution in [-0.2, 0) is 4.79 Å². The highest BCUT2D eigenvalue weighted by atomic mass is 16.4. The van der Waals surface area contributed by atoms with E-state index in [2.05, 4.69) is 17.6 Å². The van der Waals surface area contributed by atoms with Gasteiger partial charge in [0.25, 0.3) is 0 Å². The molecule has 5 heteroatoms. The Labute approximate surface area is 121 Å². The number of aliphatic carboxylic acids is 1. The summed E-state index contributed by atoms with van der Waals surface area (Å²) in [5, 5.41) is 14.3. The molecule has 116 valence electrons. The lowest BCUT2D eigenvalue weighted by Gasteiger charge is -2.27. The van der Waals surface area contributed by atoms with Gasteiger partial charge in [0.1, 0.15) is 0 Å². The first kappa shape index (κ1) is 16.8. The van der Waals surface area contributed by atoms with Gasteiger partial charge in [-0.2, -0.15) is 0 Å². The van der Waals surface area contributed by atoms with Gasteiger partial charge < -0.3 is 15.7 Å². The number of carboxylic acids is 1. The van der Waals surface area contributed by atoms with Gasteiger partial charge >= 0.3 is 12.0 Å². The molecule has 0 aromatic rings. The van der Waals surface area contributed by atoms with E-state index in [-0.39, 0.29) is 6.03 Å². The Bertz CT molecular complexity index is 312. The minimum Gasteiger partial charge on any atom is -0.481 e. The van der Waals surface area contributed by atoms with E-state index in [4.69, 9.17) is 5.11 Å². The van der Waals surface area contributed by atoms with Gasteiger partial charge in [0.2, 0.25) is 0 Å². The van der Waals surface area contributed by atoms with E-state index in [1.807, 2.05) is 0 Å². The number of rotatable bonds is 7. The van der Waals surface area contributed by atoms with Gasteiger partial charge in [-0.25, -0.2) is 4.79 Å². The Morgan fingerprint density at radius 2 is 1.75 bits per heavy atom. The van der Waals surface area contributed by atoms with Crippen LogP contribution in [-0.4, -0.2) is 30.2 Å². The van der Waals surface area contributed by atoms with Gasteiger partial charge in [0.05, 0.1) is 5.92 Å². The van der Waals surface area contributed by atoms with E-state index in [9.17, 15) is 9.59 Å². The zero-order chi connectivity index (χ0) is 15.0. The molecule has 0 aliphatic heterocycles. The van der Waals surface area contributed by atoms with Gasteiger partial charge in [0.15, 0.2) is 0 Å². The van der Waals surface area contributed by atoms with Gasteiger partial charge in [-0.3, -0.25) is 4.79 Å². The SMILES string of the molecule is CCC1CCC(CNC(=O)NCCC(C)C(=O)O)CC1. The maximum atomic E-state index is 11.6. The molecule has 20 heavy (non-hydrogen) atoms. The number of hydrogen-bond acceptors (Lipinski definition) is 2. The molecule has 0 saturated heterocycles. The Morgan fingerprint density at radius 1 is 1.15 bits per heavy atom. The summed E-state index contributed by atoms with van der Waals surface area (Å²) in [6.45, 7) is 5.03. The fourth-order valence-electron chi connectivity index (χ4n) is 2.67. The van der Waals surface area contributed by atoms with Gasteiger partial charge in [-0.15, -0.1) is 0 Å². The molecule has 0 bridgehead atoms. The van der Waals surface area contributed by atoms with E-state index in [0.29, 0.717) is 18.9 Å². The lowest BCUT2D eigenvalue weighted by Crippen LogP contribution is -2.39. The highest BCUT2D eigenvalue weighted by molar-refractivity contribution is 5.74. The molecule has 1 fully saturated rings. The van der Waals surface area contributed by atoms with Crippen LogP contribution in [0.25, 0.3) is 0 Å². The average Bonchev–Trinajstić information content (AvgIpc) is 2.45. The molecule has 2 amide bonds. The Balaban J connectivity index is 2.07. The Hall–Kier alpha value is -1.26. The predicted molar refractivity (Wildman–Crippen MR) is 78.6 cm³/mol. The zero-order valence-corrected chi connectivity index (χ0v) is 12.7. The second-order valence-electron chi connectivity index (χ2n) is 5.96. The molecule has 5 nitrogen and oxygen atoms in total. The second kappa shape index (κ2) is 8.82. The fraction of sp³-hybridized carbons (Fsp3) is 0.867. The van der Waals surface area contributed by atoms with Crippen LogP contribution >= 0.6 is 0 Å². The van der Waals surface area contributed by atoms with Gasteiger partial charge in [0, 0.05) is 13.1 Å². The first-order valence-electron chi connectivity index (χ1n) is 7.77. The number of urea groups is 1. The lowest BCUT2D eigenvalue weighted by molar-refractivity contribution is -0.141. The predicted octanol–water partition coefficient (Wildman–Crippen LogP) is 2.61. The van der Waals surface area contributed by atoms with Crippen LogP contribution in [0.15, 0.2) is 0 Å². The van der Waals surface area contributed by atoms with Crippen molar-refractivity contribution in [3.63, 3.8) is 0 Å². The molecule has 0 spiro atoms. The standard InChI is InChI=1S/C15H28N2O3/c1-3-12-4-6-13(7-5-12)10-17-15(20)16-9-8-11(2)14(18)19/h11-13H,3-10H2,1-2H3,(H,18,19)(H2,16,17,20). The number of carbonyl (C=O) groups excluding carboxylic acids is 1. The molecule has 1 rings (SSSR count). The number of hydrogen-bond donors (Lipinski definition) is 3. The summed E-state index contributed by atoms with van der Waals surface area (Å²) >= 11 is 0. The van der Waals surface area contributed by atoms with E-state index in [0.717, 1.165) is 12.5 Å². The van der Waals surface area contributed by atoms with Crippen LogP contribution in [0.3, 0.4) is 0 Å². The van der Waals surface area contributed by atoms with Crippen molar-refractivity contribution in [3.05, 3.63) is 0 Å². The first-order valence-corrected chi connectivity index (χ1v) is 7.77. The van der Waals surface area contributed by atoms with Crippen molar-refractivity contribution in [1.29, 1.82) is 0 Å². The van der Waals surface area contributed by atoms with Gasteiger partial charge in [-0.05, 0) is 31.1 Å². The van der Waals surface area contributed by atoms with E-state index >= 15 is 0 Å². The highest BCUT2D eigenvalue weighted by Gasteiger charge is 2.20. The summed E-state index contributed by atoms with van der Waals surface area (Å²) in [7, 11) is 0. The van der Waals surface area contributed by atoms with Crippen molar-refractivity contribution >= 4 is 12.0 Å². The summed E-state index contributed by atoms with van der Waals surface area (Å²) < 4.78 is 0. The third kappa shape index (κ3) is 6.26. The summed E-state index contributed by atoms with van der Waals surface area (Å²) in [4.78, 5) is 22.2. The van der Waals surface area contributed by atoms with Crippen LogP contribution in [0, 0.1) is 17.8 Å². The number of nitrogens with one attached hydrogen (secondary N) is 2. The Morgan fingerprint density at radius 3 is 2.30 bits per heavy atom. The summed E-state index contributed by atoms with van der Waals surface area (Å²) in [5.74, 6) is 0.235. The monoisotopic (exact) mass is 284 g/mol. The molecule has 0 aromatic carbocycles. The quantitative estimate of drug-likeness (QED) is 0.672. The first-order chi connectivity index (χ1) is 9.52. The van der Waals surface area contributed by atoms with E-state index in [1.165, 1.54) is 32.1 Å². The minimum absolute atomic E-state index is 0.180. The summed E-state index contributed by atoms with van der Waals surface area (Å²) in [5.41, 5.74) is 0. The van der Waals surface area contributed by atoms with Crippen LogP contribution < -0.4 is 10.6 Å².